The number of anilines is 1. The monoisotopic (exact) mass is 367 g/mol. The van der Waals surface area contributed by atoms with Gasteiger partial charge in [0.05, 0.1) is 12.3 Å². The molecule has 142 valence electrons. The highest BCUT2D eigenvalue weighted by Gasteiger charge is 2.50. The lowest BCUT2D eigenvalue weighted by Gasteiger charge is -2.22. The molecule has 0 fully saturated rings. The molecular weight excluding hydrogens is 342 g/mol. The molecule has 1 N–H and O–H groups in total. The Morgan fingerprint density at radius 1 is 1.19 bits per heavy atom. The molecule has 0 saturated heterocycles. The van der Waals surface area contributed by atoms with Crippen LogP contribution >= 0.6 is 0 Å². The van der Waals surface area contributed by atoms with Crippen LogP contribution in [0.4, 0.5) is 5.69 Å². The van der Waals surface area contributed by atoms with Crippen LogP contribution in [0.25, 0.3) is 0 Å². The lowest BCUT2D eigenvalue weighted by molar-refractivity contribution is -0.141. The van der Waals surface area contributed by atoms with Gasteiger partial charge >= 0.3 is 0 Å². The third kappa shape index (κ3) is 3.74. The van der Waals surface area contributed by atoms with Crippen LogP contribution in [0.1, 0.15) is 36.5 Å². The molecule has 1 heterocycles. The molecule has 2 aromatic carbocycles. The van der Waals surface area contributed by atoms with E-state index in [4.69, 9.17) is 4.74 Å². The third-order valence-electron chi connectivity index (χ3n) is 4.80. The fourth-order valence-electron chi connectivity index (χ4n) is 3.75. The maximum absolute atomic E-state index is 13.0. The number of nitrogens with zero attached hydrogens (tertiary/aromatic N) is 1. The summed E-state index contributed by atoms with van der Waals surface area (Å²) in [6, 6.07) is 13.3. The van der Waals surface area contributed by atoms with Crippen LogP contribution in [0.5, 0.6) is 5.75 Å². The summed E-state index contributed by atoms with van der Waals surface area (Å²) < 4.78 is 5.70. The van der Waals surface area contributed by atoms with Gasteiger partial charge in [-0.3, -0.25) is 9.59 Å². The predicted octanol–water partition coefficient (Wildman–Crippen LogP) is 3.29. The van der Waals surface area contributed by atoms with Crippen LogP contribution < -0.4 is 9.64 Å². The Labute approximate surface area is 159 Å². The van der Waals surface area contributed by atoms with E-state index in [0.29, 0.717) is 30.8 Å². The number of rotatable bonds is 7. The predicted molar refractivity (Wildman–Crippen MR) is 104 cm³/mol. The largest absolute Gasteiger partial charge is 0.494 e. The van der Waals surface area contributed by atoms with Crippen molar-refractivity contribution in [2.75, 3.05) is 18.1 Å². The van der Waals surface area contributed by atoms with Gasteiger partial charge in [-0.2, -0.15) is 0 Å². The van der Waals surface area contributed by atoms with E-state index in [1.807, 2.05) is 56.3 Å². The number of para-hydroxylation sites is 1. The van der Waals surface area contributed by atoms with E-state index in [1.165, 1.54) is 6.92 Å². The Morgan fingerprint density at radius 2 is 1.89 bits per heavy atom. The number of Topliss-reactive ketones (excluding diaryl/α,β-unsaturated/α-hetero) is 1. The number of amides is 1. The van der Waals surface area contributed by atoms with Crippen LogP contribution in [-0.2, 0) is 15.2 Å². The molecule has 1 aliphatic heterocycles. The maximum Gasteiger partial charge on any atom is 0.264 e. The summed E-state index contributed by atoms with van der Waals surface area (Å²) in [7, 11) is 0. The summed E-state index contributed by atoms with van der Waals surface area (Å²) in [5.41, 5.74) is 1.34. The molecule has 27 heavy (non-hydrogen) atoms. The topological polar surface area (TPSA) is 66.8 Å². The van der Waals surface area contributed by atoms with Crippen LogP contribution in [0, 0.1) is 13.8 Å². The van der Waals surface area contributed by atoms with Gasteiger partial charge in [0, 0.05) is 18.5 Å². The van der Waals surface area contributed by atoms with Crippen LogP contribution in [0.3, 0.4) is 0 Å². The van der Waals surface area contributed by atoms with Crippen molar-refractivity contribution in [2.45, 2.75) is 39.2 Å². The fourth-order valence-corrected chi connectivity index (χ4v) is 3.75. The molecule has 2 aromatic rings. The second kappa shape index (κ2) is 7.53. The molecule has 0 aliphatic carbocycles. The molecule has 5 heteroatoms. The van der Waals surface area contributed by atoms with Crippen molar-refractivity contribution in [3.63, 3.8) is 0 Å². The van der Waals surface area contributed by atoms with Crippen molar-refractivity contribution in [1.29, 1.82) is 0 Å². The standard InChI is InChI=1S/C22H25NO4/c1-15-12-16(2)20-19(13-15)22(26,14-17(3)24)21(25)23(20)10-7-11-27-18-8-5-4-6-9-18/h4-6,8-9,12-13,26H,7,10-11,14H2,1-3H3/t22-/m0/s1. The number of ether oxygens (including phenoxy) is 1. The van der Waals surface area contributed by atoms with E-state index in [0.717, 1.165) is 16.9 Å². The Hall–Kier alpha value is -2.66. The number of carbonyl (C=O) groups excluding carboxylic acids is 2. The molecule has 3 rings (SSSR count). The first-order valence-electron chi connectivity index (χ1n) is 9.16. The van der Waals surface area contributed by atoms with Crippen molar-refractivity contribution in [3.05, 3.63) is 59.2 Å². The number of carbonyl (C=O) groups is 2. The summed E-state index contributed by atoms with van der Waals surface area (Å²) in [5, 5.41) is 11.1. The van der Waals surface area contributed by atoms with Gasteiger partial charge in [0.15, 0.2) is 5.60 Å². The lowest BCUT2D eigenvalue weighted by atomic mass is 9.88. The first-order valence-corrected chi connectivity index (χ1v) is 9.16. The molecule has 1 aliphatic rings. The molecule has 1 amide bonds. The highest BCUT2D eigenvalue weighted by atomic mass is 16.5. The summed E-state index contributed by atoms with van der Waals surface area (Å²) in [6.07, 6.45) is 0.405. The second-order valence-corrected chi connectivity index (χ2v) is 7.19. The zero-order chi connectivity index (χ0) is 19.6. The quantitative estimate of drug-likeness (QED) is 0.763. The summed E-state index contributed by atoms with van der Waals surface area (Å²) in [5.74, 6) is 0.136. The first kappa shape index (κ1) is 19.1. The average molecular weight is 367 g/mol. The van der Waals surface area contributed by atoms with Gasteiger partial charge in [0.1, 0.15) is 11.5 Å². The van der Waals surface area contributed by atoms with E-state index < -0.39 is 11.5 Å². The van der Waals surface area contributed by atoms with E-state index in [-0.39, 0.29) is 12.2 Å². The van der Waals surface area contributed by atoms with Gasteiger partial charge in [0.25, 0.3) is 5.91 Å². The molecular formula is C22H25NO4. The zero-order valence-corrected chi connectivity index (χ0v) is 16.0. The zero-order valence-electron chi connectivity index (χ0n) is 16.0. The number of hydrogen-bond acceptors (Lipinski definition) is 4. The number of ketones is 1. The number of hydrogen-bond donors (Lipinski definition) is 1. The van der Waals surface area contributed by atoms with Crippen molar-refractivity contribution in [1.82, 2.24) is 0 Å². The summed E-state index contributed by atoms with van der Waals surface area (Å²) in [4.78, 5) is 26.3. The minimum absolute atomic E-state index is 0.210. The van der Waals surface area contributed by atoms with Gasteiger partial charge in [0.2, 0.25) is 0 Å². The van der Waals surface area contributed by atoms with Gasteiger partial charge < -0.3 is 14.7 Å². The minimum atomic E-state index is -1.78. The van der Waals surface area contributed by atoms with E-state index >= 15 is 0 Å². The first-order chi connectivity index (χ1) is 12.8. The fraction of sp³-hybridized carbons (Fsp3) is 0.364. The molecule has 0 radical (unpaired) electrons. The molecule has 0 bridgehead atoms. The molecule has 0 unspecified atom stereocenters. The van der Waals surface area contributed by atoms with Crippen molar-refractivity contribution in [3.8, 4) is 5.75 Å². The van der Waals surface area contributed by atoms with Crippen molar-refractivity contribution >= 4 is 17.4 Å². The average Bonchev–Trinajstić information content (AvgIpc) is 2.81. The van der Waals surface area contributed by atoms with Gasteiger partial charge in [-0.15, -0.1) is 0 Å². The van der Waals surface area contributed by atoms with Crippen molar-refractivity contribution in [2.24, 2.45) is 0 Å². The second-order valence-electron chi connectivity index (χ2n) is 7.19. The third-order valence-corrected chi connectivity index (χ3v) is 4.80. The smallest absolute Gasteiger partial charge is 0.264 e. The molecule has 5 nitrogen and oxygen atoms in total. The van der Waals surface area contributed by atoms with E-state index in [9.17, 15) is 14.7 Å². The Balaban J connectivity index is 1.80. The highest BCUT2D eigenvalue weighted by Crippen LogP contribution is 2.45. The van der Waals surface area contributed by atoms with Crippen LogP contribution in [0.15, 0.2) is 42.5 Å². The Bertz CT molecular complexity index is 862. The minimum Gasteiger partial charge on any atom is -0.494 e. The van der Waals surface area contributed by atoms with Crippen LogP contribution in [0.2, 0.25) is 0 Å². The van der Waals surface area contributed by atoms with Crippen molar-refractivity contribution < 1.29 is 19.4 Å². The Kier molecular flexibility index (Phi) is 5.33. The summed E-state index contributed by atoms with van der Waals surface area (Å²) in [6.45, 7) is 6.11. The molecule has 0 saturated carbocycles. The summed E-state index contributed by atoms with van der Waals surface area (Å²) >= 11 is 0. The number of fused-ring (bicyclic) bond motifs is 1. The highest BCUT2D eigenvalue weighted by molar-refractivity contribution is 6.09. The maximum atomic E-state index is 13.0. The Morgan fingerprint density at radius 3 is 2.56 bits per heavy atom. The molecule has 1 atom stereocenters. The number of aliphatic hydroxyl groups is 1. The van der Waals surface area contributed by atoms with Gasteiger partial charge in [-0.05, 0) is 44.9 Å². The normalized spacial score (nSPS) is 18.5. The van der Waals surface area contributed by atoms with Gasteiger partial charge in [-0.1, -0.05) is 35.9 Å². The molecule has 0 spiro atoms. The van der Waals surface area contributed by atoms with Gasteiger partial charge in [-0.25, -0.2) is 0 Å². The van der Waals surface area contributed by atoms with E-state index in [2.05, 4.69) is 0 Å². The molecule has 0 aromatic heterocycles. The SMILES string of the molecule is CC(=O)C[C@@]1(O)C(=O)N(CCCOc2ccccc2)c2c(C)cc(C)cc21. The number of aryl methyl sites for hydroxylation is 2. The number of benzene rings is 2. The lowest BCUT2D eigenvalue weighted by Crippen LogP contribution is -2.42. The van der Waals surface area contributed by atoms with Crippen LogP contribution in [-0.4, -0.2) is 29.9 Å². The van der Waals surface area contributed by atoms with E-state index in [1.54, 1.807) is 4.90 Å².